The molecule has 0 atom stereocenters. The van der Waals surface area contributed by atoms with E-state index in [0.29, 0.717) is 6.04 Å². The van der Waals surface area contributed by atoms with Crippen molar-refractivity contribution in [1.82, 2.24) is 4.90 Å². The van der Waals surface area contributed by atoms with Crippen LogP contribution in [0.15, 0.2) is 48.5 Å². The van der Waals surface area contributed by atoms with Gasteiger partial charge in [0.15, 0.2) is 0 Å². The standard InChI is InChI=1S/C19H19N.ClH/c1-3-9-17-15(7-1)11-12-16-8-2-4-10-18(16)19(17)20-13-5-6-14-20;/h1-4,7-12,19H,5-6,13-14H2;1H. The summed E-state index contributed by atoms with van der Waals surface area (Å²) in [6.45, 7) is 2.43. The predicted molar refractivity (Wildman–Crippen MR) is 91.7 cm³/mol. The van der Waals surface area contributed by atoms with Crippen LogP contribution in [-0.4, -0.2) is 18.0 Å². The lowest BCUT2D eigenvalue weighted by atomic mass is 9.93. The minimum Gasteiger partial charge on any atom is -0.292 e. The average Bonchev–Trinajstić information content (AvgIpc) is 2.96. The average molecular weight is 298 g/mol. The van der Waals surface area contributed by atoms with Gasteiger partial charge in [0.1, 0.15) is 0 Å². The fourth-order valence-corrected chi connectivity index (χ4v) is 3.56. The Morgan fingerprint density at radius 1 is 0.714 bits per heavy atom. The van der Waals surface area contributed by atoms with Crippen molar-refractivity contribution in [1.29, 1.82) is 0 Å². The van der Waals surface area contributed by atoms with Crippen molar-refractivity contribution in [3.8, 4) is 0 Å². The van der Waals surface area contributed by atoms with Crippen molar-refractivity contribution in [2.75, 3.05) is 13.1 Å². The first kappa shape index (κ1) is 14.4. The van der Waals surface area contributed by atoms with Gasteiger partial charge in [-0.2, -0.15) is 0 Å². The first-order valence-electron chi connectivity index (χ1n) is 7.53. The first-order chi connectivity index (χ1) is 9.93. The lowest BCUT2D eigenvalue weighted by molar-refractivity contribution is 0.281. The second-order valence-corrected chi connectivity index (χ2v) is 5.74. The summed E-state index contributed by atoms with van der Waals surface area (Å²) in [6.07, 6.45) is 7.19. The van der Waals surface area contributed by atoms with Crippen molar-refractivity contribution in [2.45, 2.75) is 18.9 Å². The molecule has 1 saturated heterocycles. The van der Waals surface area contributed by atoms with Crippen LogP contribution in [-0.2, 0) is 0 Å². The van der Waals surface area contributed by atoms with Gasteiger partial charge in [-0.3, -0.25) is 4.90 Å². The summed E-state index contributed by atoms with van der Waals surface area (Å²) in [5.41, 5.74) is 5.63. The summed E-state index contributed by atoms with van der Waals surface area (Å²) < 4.78 is 0. The molecule has 1 aliphatic heterocycles. The van der Waals surface area contributed by atoms with Crippen LogP contribution in [0, 0.1) is 0 Å². The smallest absolute Gasteiger partial charge is 0.0613 e. The minimum absolute atomic E-state index is 0. The Hall–Kier alpha value is -1.57. The fraction of sp³-hybridized carbons (Fsp3) is 0.263. The van der Waals surface area contributed by atoms with Gasteiger partial charge in [-0.25, -0.2) is 0 Å². The van der Waals surface area contributed by atoms with Crippen LogP contribution in [0.2, 0.25) is 0 Å². The van der Waals surface area contributed by atoms with E-state index in [0.717, 1.165) is 0 Å². The van der Waals surface area contributed by atoms with Gasteiger partial charge in [-0.05, 0) is 48.2 Å². The third kappa shape index (κ3) is 2.52. The highest BCUT2D eigenvalue weighted by molar-refractivity contribution is 5.85. The monoisotopic (exact) mass is 297 g/mol. The molecular formula is C19H20ClN. The van der Waals surface area contributed by atoms with E-state index < -0.39 is 0 Å². The predicted octanol–water partition coefficient (Wildman–Crippen LogP) is 4.78. The number of nitrogens with zero attached hydrogens (tertiary/aromatic N) is 1. The maximum absolute atomic E-state index is 2.64. The molecule has 1 fully saturated rings. The normalized spacial score (nSPS) is 17.7. The van der Waals surface area contributed by atoms with E-state index in [2.05, 4.69) is 65.6 Å². The van der Waals surface area contributed by atoms with Gasteiger partial charge >= 0.3 is 0 Å². The molecule has 108 valence electrons. The van der Waals surface area contributed by atoms with E-state index >= 15 is 0 Å². The van der Waals surface area contributed by atoms with Gasteiger partial charge in [0.25, 0.3) is 0 Å². The van der Waals surface area contributed by atoms with E-state index in [9.17, 15) is 0 Å². The zero-order chi connectivity index (χ0) is 13.4. The molecular weight excluding hydrogens is 278 g/mol. The Labute approximate surface area is 132 Å². The van der Waals surface area contributed by atoms with Crippen molar-refractivity contribution in [3.05, 3.63) is 70.8 Å². The van der Waals surface area contributed by atoms with Crippen molar-refractivity contribution >= 4 is 24.6 Å². The van der Waals surface area contributed by atoms with Crippen molar-refractivity contribution in [2.24, 2.45) is 0 Å². The number of halogens is 1. The molecule has 21 heavy (non-hydrogen) atoms. The topological polar surface area (TPSA) is 3.24 Å². The van der Waals surface area contributed by atoms with Gasteiger partial charge in [-0.15, -0.1) is 12.4 Å². The Bertz CT molecular complexity index is 607. The second kappa shape index (κ2) is 6.05. The van der Waals surface area contributed by atoms with Gasteiger partial charge in [0.2, 0.25) is 0 Å². The number of fused-ring (bicyclic) bond motifs is 2. The molecule has 0 unspecified atom stereocenters. The minimum atomic E-state index is 0. The number of likely N-dealkylation sites (tertiary alicyclic amines) is 1. The van der Waals surface area contributed by atoms with E-state index in [4.69, 9.17) is 0 Å². The van der Waals surface area contributed by atoms with E-state index in [-0.39, 0.29) is 12.4 Å². The van der Waals surface area contributed by atoms with Crippen molar-refractivity contribution < 1.29 is 0 Å². The molecule has 0 bridgehead atoms. The number of hydrogen-bond acceptors (Lipinski definition) is 1. The zero-order valence-corrected chi connectivity index (χ0v) is 12.9. The molecule has 1 aliphatic carbocycles. The highest BCUT2D eigenvalue weighted by Crippen LogP contribution is 2.38. The lowest BCUT2D eigenvalue weighted by Crippen LogP contribution is -2.27. The number of rotatable bonds is 1. The molecule has 0 N–H and O–H groups in total. The molecule has 0 saturated carbocycles. The van der Waals surface area contributed by atoms with Crippen LogP contribution in [0.25, 0.3) is 12.2 Å². The highest BCUT2D eigenvalue weighted by Gasteiger charge is 2.28. The molecule has 0 amide bonds. The number of benzene rings is 2. The molecule has 2 heteroatoms. The van der Waals surface area contributed by atoms with Crippen LogP contribution in [0.5, 0.6) is 0 Å². The third-order valence-electron chi connectivity index (χ3n) is 4.53. The fourth-order valence-electron chi connectivity index (χ4n) is 3.56. The molecule has 0 aromatic heterocycles. The van der Waals surface area contributed by atoms with Gasteiger partial charge < -0.3 is 0 Å². The van der Waals surface area contributed by atoms with Crippen LogP contribution in [0.1, 0.15) is 41.1 Å². The van der Waals surface area contributed by atoms with Gasteiger partial charge in [0.05, 0.1) is 6.04 Å². The molecule has 1 nitrogen and oxygen atoms in total. The summed E-state index contributed by atoms with van der Waals surface area (Å²) in [4.78, 5) is 2.64. The maximum atomic E-state index is 2.64. The van der Waals surface area contributed by atoms with E-state index in [1.807, 2.05) is 0 Å². The highest BCUT2D eigenvalue weighted by atomic mass is 35.5. The molecule has 2 aromatic carbocycles. The van der Waals surface area contributed by atoms with Crippen LogP contribution in [0.4, 0.5) is 0 Å². The maximum Gasteiger partial charge on any atom is 0.0613 e. The van der Waals surface area contributed by atoms with Crippen molar-refractivity contribution in [3.63, 3.8) is 0 Å². The van der Waals surface area contributed by atoms with Gasteiger partial charge in [0, 0.05) is 0 Å². The van der Waals surface area contributed by atoms with Crippen LogP contribution < -0.4 is 0 Å². The Balaban J connectivity index is 0.00000132. The number of hydrogen-bond donors (Lipinski definition) is 0. The van der Waals surface area contributed by atoms with Crippen LogP contribution >= 0.6 is 12.4 Å². The summed E-state index contributed by atoms with van der Waals surface area (Å²) in [6, 6.07) is 18.1. The second-order valence-electron chi connectivity index (χ2n) is 5.74. The molecule has 0 radical (unpaired) electrons. The largest absolute Gasteiger partial charge is 0.292 e. The molecule has 4 rings (SSSR count). The van der Waals surface area contributed by atoms with Gasteiger partial charge in [-0.1, -0.05) is 60.7 Å². The zero-order valence-electron chi connectivity index (χ0n) is 12.0. The van der Waals surface area contributed by atoms with E-state index in [1.54, 1.807) is 0 Å². The van der Waals surface area contributed by atoms with E-state index in [1.165, 1.54) is 48.2 Å². The first-order valence-corrected chi connectivity index (χ1v) is 7.53. The Morgan fingerprint density at radius 2 is 1.19 bits per heavy atom. The molecule has 1 heterocycles. The molecule has 0 spiro atoms. The molecule has 2 aliphatic rings. The SMILES string of the molecule is C1=Cc2ccccc2C(N2CCCC2)c2ccccc21.Cl. The Kier molecular flexibility index (Phi) is 4.14. The summed E-state index contributed by atoms with van der Waals surface area (Å²) in [5.74, 6) is 0. The Morgan fingerprint density at radius 3 is 1.71 bits per heavy atom. The summed E-state index contributed by atoms with van der Waals surface area (Å²) in [5, 5.41) is 0. The lowest BCUT2D eigenvalue weighted by Gasteiger charge is -2.29. The third-order valence-corrected chi connectivity index (χ3v) is 4.53. The summed E-state index contributed by atoms with van der Waals surface area (Å²) >= 11 is 0. The van der Waals surface area contributed by atoms with Crippen LogP contribution in [0.3, 0.4) is 0 Å². The quantitative estimate of drug-likeness (QED) is 0.732. The molecule has 2 aromatic rings. The summed E-state index contributed by atoms with van der Waals surface area (Å²) in [7, 11) is 0.